The van der Waals surface area contributed by atoms with Gasteiger partial charge in [-0.2, -0.15) is 0 Å². The zero-order valence-electron chi connectivity index (χ0n) is 10.2. The van der Waals surface area contributed by atoms with Gasteiger partial charge in [-0.3, -0.25) is 4.98 Å². The molecule has 94 valence electrons. The SMILES string of the molecule is CNC(C)c1ccc(Oc2cncc(Cl)c2)nc1. The molecule has 4 nitrogen and oxygen atoms in total. The fourth-order valence-corrected chi connectivity index (χ4v) is 1.61. The van der Waals surface area contributed by atoms with Crippen molar-refractivity contribution in [3.8, 4) is 11.6 Å². The summed E-state index contributed by atoms with van der Waals surface area (Å²) in [6, 6.07) is 5.76. The lowest BCUT2D eigenvalue weighted by Gasteiger charge is -2.10. The standard InChI is InChI=1S/C13H14ClN3O/c1-9(15-2)10-3-4-13(17-6-10)18-12-5-11(14)7-16-8-12/h3-9,15H,1-2H3. The van der Waals surface area contributed by atoms with Crippen molar-refractivity contribution >= 4 is 11.6 Å². The first-order valence-electron chi connectivity index (χ1n) is 5.60. The van der Waals surface area contributed by atoms with Crippen LogP contribution in [0.1, 0.15) is 18.5 Å². The third-order valence-corrected chi connectivity index (χ3v) is 2.80. The second-order valence-corrected chi connectivity index (χ2v) is 4.32. The maximum atomic E-state index is 5.83. The van der Waals surface area contributed by atoms with Crippen molar-refractivity contribution in [2.24, 2.45) is 0 Å². The molecule has 5 heteroatoms. The number of nitrogens with one attached hydrogen (secondary N) is 1. The van der Waals surface area contributed by atoms with Crippen molar-refractivity contribution in [3.63, 3.8) is 0 Å². The van der Waals surface area contributed by atoms with E-state index >= 15 is 0 Å². The second-order valence-electron chi connectivity index (χ2n) is 3.88. The third-order valence-electron chi connectivity index (χ3n) is 2.59. The Labute approximate surface area is 111 Å². The van der Waals surface area contributed by atoms with Crippen molar-refractivity contribution in [3.05, 3.63) is 47.4 Å². The van der Waals surface area contributed by atoms with Gasteiger partial charge in [-0.25, -0.2) is 4.98 Å². The summed E-state index contributed by atoms with van der Waals surface area (Å²) in [4.78, 5) is 8.18. The van der Waals surface area contributed by atoms with Crippen LogP contribution in [0, 0.1) is 0 Å². The Balaban J connectivity index is 2.11. The number of rotatable bonds is 4. The lowest BCUT2D eigenvalue weighted by molar-refractivity contribution is 0.459. The fraction of sp³-hybridized carbons (Fsp3) is 0.231. The molecule has 1 atom stereocenters. The van der Waals surface area contributed by atoms with E-state index in [0.717, 1.165) is 5.56 Å². The number of hydrogen-bond acceptors (Lipinski definition) is 4. The molecule has 0 aliphatic rings. The maximum absolute atomic E-state index is 5.83. The van der Waals surface area contributed by atoms with Gasteiger partial charge in [0.2, 0.25) is 5.88 Å². The maximum Gasteiger partial charge on any atom is 0.219 e. The number of nitrogens with zero attached hydrogens (tertiary/aromatic N) is 2. The van der Waals surface area contributed by atoms with Crippen molar-refractivity contribution in [2.45, 2.75) is 13.0 Å². The van der Waals surface area contributed by atoms with Gasteiger partial charge >= 0.3 is 0 Å². The molecule has 2 heterocycles. The molecule has 1 unspecified atom stereocenters. The molecule has 0 bridgehead atoms. The van der Waals surface area contributed by atoms with E-state index in [1.165, 1.54) is 0 Å². The van der Waals surface area contributed by atoms with Crippen molar-refractivity contribution in [1.82, 2.24) is 15.3 Å². The molecule has 0 spiro atoms. The molecule has 2 aromatic rings. The van der Waals surface area contributed by atoms with Crippen LogP contribution >= 0.6 is 11.6 Å². The highest BCUT2D eigenvalue weighted by molar-refractivity contribution is 6.30. The minimum Gasteiger partial charge on any atom is -0.437 e. The van der Waals surface area contributed by atoms with E-state index in [0.29, 0.717) is 16.7 Å². The predicted molar refractivity (Wildman–Crippen MR) is 71.0 cm³/mol. The Bertz CT molecular complexity index is 516. The molecule has 0 aliphatic heterocycles. The molecular weight excluding hydrogens is 250 g/mol. The molecule has 0 saturated heterocycles. The molecule has 2 rings (SSSR count). The van der Waals surface area contributed by atoms with Gasteiger partial charge in [0.05, 0.1) is 11.2 Å². The summed E-state index contributed by atoms with van der Waals surface area (Å²) in [5.41, 5.74) is 1.11. The summed E-state index contributed by atoms with van der Waals surface area (Å²) in [7, 11) is 1.91. The summed E-state index contributed by atoms with van der Waals surface area (Å²) in [6.07, 6.45) is 4.94. The highest BCUT2D eigenvalue weighted by Crippen LogP contribution is 2.22. The van der Waals surface area contributed by atoms with E-state index in [1.807, 2.05) is 19.2 Å². The van der Waals surface area contributed by atoms with E-state index in [2.05, 4.69) is 22.2 Å². The van der Waals surface area contributed by atoms with Gasteiger partial charge in [0.25, 0.3) is 0 Å². The van der Waals surface area contributed by atoms with Crippen molar-refractivity contribution in [1.29, 1.82) is 0 Å². The Hall–Kier alpha value is -1.65. The van der Waals surface area contributed by atoms with Gasteiger partial charge in [-0.1, -0.05) is 17.7 Å². The number of aromatic nitrogens is 2. The van der Waals surface area contributed by atoms with Crippen LogP contribution < -0.4 is 10.1 Å². The Morgan fingerprint density at radius 3 is 2.72 bits per heavy atom. The zero-order valence-corrected chi connectivity index (χ0v) is 11.0. The normalized spacial score (nSPS) is 12.2. The lowest BCUT2D eigenvalue weighted by Crippen LogP contribution is -2.12. The molecule has 0 amide bonds. The Morgan fingerprint density at radius 2 is 2.11 bits per heavy atom. The first-order valence-corrected chi connectivity index (χ1v) is 5.98. The van der Waals surface area contributed by atoms with Gasteiger partial charge in [-0.15, -0.1) is 0 Å². The summed E-state index contributed by atoms with van der Waals surface area (Å²) in [5, 5.41) is 3.68. The van der Waals surface area contributed by atoms with Crippen molar-refractivity contribution in [2.75, 3.05) is 7.05 Å². The van der Waals surface area contributed by atoms with E-state index in [1.54, 1.807) is 24.7 Å². The minimum absolute atomic E-state index is 0.263. The highest BCUT2D eigenvalue weighted by Gasteiger charge is 2.04. The molecule has 0 radical (unpaired) electrons. The second kappa shape index (κ2) is 5.80. The molecule has 1 N–H and O–H groups in total. The van der Waals surface area contributed by atoms with Gasteiger partial charge in [0, 0.05) is 30.6 Å². The smallest absolute Gasteiger partial charge is 0.219 e. The lowest BCUT2D eigenvalue weighted by atomic mass is 10.1. The zero-order chi connectivity index (χ0) is 13.0. The molecule has 2 aromatic heterocycles. The van der Waals surface area contributed by atoms with Gasteiger partial charge in [-0.05, 0) is 19.5 Å². The average molecular weight is 264 g/mol. The third kappa shape index (κ3) is 3.18. The summed E-state index contributed by atoms with van der Waals surface area (Å²) in [6.45, 7) is 2.07. The number of ether oxygens (including phenoxy) is 1. The van der Waals surface area contributed by atoms with E-state index in [9.17, 15) is 0 Å². The first kappa shape index (κ1) is 12.8. The monoisotopic (exact) mass is 263 g/mol. The summed E-state index contributed by atoms with van der Waals surface area (Å²) < 4.78 is 5.55. The van der Waals surface area contributed by atoms with Gasteiger partial charge in [0.15, 0.2) is 0 Å². The first-order chi connectivity index (χ1) is 8.69. The predicted octanol–water partition coefficient (Wildman–Crippen LogP) is 3.20. The van der Waals surface area contributed by atoms with Crippen LogP contribution in [0.15, 0.2) is 36.8 Å². The molecule has 0 aliphatic carbocycles. The molecule has 0 aromatic carbocycles. The minimum atomic E-state index is 0.263. The van der Waals surface area contributed by atoms with E-state index in [4.69, 9.17) is 16.3 Å². The van der Waals surface area contributed by atoms with Crippen LogP contribution in [0.25, 0.3) is 0 Å². The van der Waals surface area contributed by atoms with Crippen LogP contribution in [0.5, 0.6) is 11.6 Å². The largest absolute Gasteiger partial charge is 0.437 e. The summed E-state index contributed by atoms with van der Waals surface area (Å²) in [5.74, 6) is 1.09. The van der Waals surface area contributed by atoms with Crippen LogP contribution in [0.3, 0.4) is 0 Å². The quantitative estimate of drug-likeness (QED) is 0.920. The number of halogens is 1. The van der Waals surface area contributed by atoms with Crippen LogP contribution in [0.4, 0.5) is 0 Å². The highest BCUT2D eigenvalue weighted by atomic mass is 35.5. The topological polar surface area (TPSA) is 47.0 Å². The molecule has 0 fully saturated rings. The van der Waals surface area contributed by atoms with Crippen molar-refractivity contribution < 1.29 is 4.74 Å². The molecule has 18 heavy (non-hydrogen) atoms. The summed E-state index contributed by atoms with van der Waals surface area (Å²) >= 11 is 5.83. The van der Waals surface area contributed by atoms with Gasteiger partial charge in [0.1, 0.15) is 5.75 Å². The Morgan fingerprint density at radius 1 is 1.28 bits per heavy atom. The Kier molecular flexibility index (Phi) is 4.12. The van der Waals surface area contributed by atoms with Crippen LogP contribution in [0.2, 0.25) is 5.02 Å². The number of hydrogen-bond donors (Lipinski definition) is 1. The molecular formula is C13H14ClN3O. The average Bonchev–Trinajstić information content (AvgIpc) is 2.39. The fourth-order valence-electron chi connectivity index (χ4n) is 1.44. The number of pyridine rings is 2. The van der Waals surface area contributed by atoms with Gasteiger partial charge < -0.3 is 10.1 Å². The van der Waals surface area contributed by atoms with Crippen LogP contribution in [-0.4, -0.2) is 17.0 Å². The molecule has 0 saturated carbocycles. The van der Waals surface area contributed by atoms with Crippen LogP contribution in [-0.2, 0) is 0 Å². The van der Waals surface area contributed by atoms with E-state index < -0.39 is 0 Å². The van der Waals surface area contributed by atoms with E-state index in [-0.39, 0.29) is 6.04 Å².